The van der Waals surface area contributed by atoms with Crippen molar-refractivity contribution in [3.63, 3.8) is 0 Å². The van der Waals surface area contributed by atoms with Crippen LogP contribution in [0.3, 0.4) is 0 Å². The van der Waals surface area contributed by atoms with E-state index in [-0.39, 0.29) is 12.4 Å². The van der Waals surface area contributed by atoms with E-state index in [1.54, 1.807) is 43.0 Å². The summed E-state index contributed by atoms with van der Waals surface area (Å²) in [7, 11) is 1.61. The molecule has 0 amide bonds. The fourth-order valence-corrected chi connectivity index (χ4v) is 4.13. The van der Waals surface area contributed by atoms with Gasteiger partial charge in [0.25, 0.3) is 0 Å². The highest BCUT2D eigenvalue weighted by atomic mass is 16.5. The Labute approximate surface area is 196 Å². The summed E-state index contributed by atoms with van der Waals surface area (Å²) in [6, 6.07) is 24.2. The third kappa shape index (κ3) is 3.69. The van der Waals surface area contributed by atoms with Gasteiger partial charge in [0.15, 0.2) is 0 Å². The molecule has 0 radical (unpaired) electrons. The first-order valence-corrected chi connectivity index (χ1v) is 11.0. The first kappa shape index (κ1) is 21.4. The second-order valence-electron chi connectivity index (χ2n) is 7.78. The van der Waals surface area contributed by atoms with Crippen LogP contribution in [-0.2, 0) is 4.74 Å². The number of esters is 1. The molecule has 0 aliphatic carbocycles. The second-order valence-corrected chi connectivity index (χ2v) is 7.78. The Hall–Kier alpha value is -4.45. The maximum atomic E-state index is 13.7. The zero-order chi connectivity index (χ0) is 23.7. The number of ketones is 1. The van der Waals surface area contributed by atoms with Crippen molar-refractivity contribution < 1.29 is 19.1 Å². The Kier molecular flexibility index (Phi) is 5.55. The van der Waals surface area contributed by atoms with Crippen LogP contribution >= 0.6 is 0 Å². The Morgan fingerprint density at radius 1 is 0.912 bits per heavy atom. The van der Waals surface area contributed by atoms with Gasteiger partial charge < -0.3 is 9.47 Å². The van der Waals surface area contributed by atoms with Crippen molar-refractivity contribution in [2.75, 3.05) is 13.7 Å². The Bertz CT molecular complexity index is 1530. The van der Waals surface area contributed by atoms with E-state index < -0.39 is 5.97 Å². The van der Waals surface area contributed by atoms with Gasteiger partial charge in [-0.1, -0.05) is 42.5 Å². The van der Waals surface area contributed by atoms with Crippen molar-refractivity contribution >= 4 is 28.0 Å². The summed E-state index contributed by atoms with van der Waals surface area (Å²) in [6.07, 6.45) is 1.58. The predicted octanol–water partition coefficient (Wildman–Crippen LogP) is 5.57. The average molecular weight is 450 g/mol. The predicted molar refractivity (Wildman–Crippen MR) is 131 cm³/mol. The molecule has 0 N–H and O–H groups in total. The number of carbonyl (C=O) groups is 2. The zero-order valence-corrected chi connectivity index (χ0v) is 18.8. The first-order valence-electron chi connectivity index (χ1n) is 11.0. The van der Waals surface area contributed by atoms with Gasteiger partial charge in [-0.3, -0.25) is 9.20 Å². The standard InChI is InChI=1S/C28H22N2O4/c1-3-34-28(32)23-15-26(27(31)22-10-6-8-18-7-4-5-9-21(18)22)30-17-29-24(16-25(23)30)19-11-13-20(33-2)14-12-19/h4-17H,3H2,1-2H3. The quantitative estimate of drug-likeness (QED) is 0.250. The topological polar surface area (TPSA) is 69.9 Å². The zero-order valence-electron chi connectivity index (χ0n) is 18.8. The maximum Gasteiger partial charge on any atom is 0.340 e. The molecule has 0 bridgehead atoms. The van der Waals surface area contributed by atoms with Crippen molar-refractivity contribution in [2.24, 2.45) is 0 Å². The van der Waals surface area contributed by atoms with E-state index in [1.165, 1.54) is 0 Å². The third-order valence-electron chi connectivity index (χ3n) is 5.81. The first-order chi connectivity index (χ1) is 16.6. The third-order valence-corrected chi connectivity index (χ3v) is 5.81. The molecular weight excluding hydrogens is 428 g/mol. The molecule has 5 rings (SSSR count). The minimum Gasteiger partial charge on any atom is -0.497 e. The van der Waals surface area contributed by atoms with E-state index in [0.29, 0.717) is 28.0 Å². The van der Waals surface area contributed by atoms with Crippen LogP contribution in [0, 0.1) is 0 Å². The van der Waals surface area contributed by atoms with Gasteiger partial charge in [0.2, 0.25) is 5.78 Å². The molecule has 5 aromatic rings. The van der Waals surface area contributed by atoms with Crippen LogP contribution in [-0.4, -0.2) is 34.9 Å². The summed E-state index contributed by atoms with van der Waals surface area (Å²) in [5.74, 6) is 0.0629. The number of benzene rings is 3. The Balaban J connectivity index is 1.67. The lowest BCUT2D eigenvalue weighted by Crippen LogP contribution is -2.06. The molecular formula is C28H22N2O4. The smallest absolute Gasteiger partial charge is 0.340 e. The number of fused-ring (bicyclic) bond motifs is 2. The van der Waals surface area contributed by atoms with Crippen LogP contribution in [0.2, 0.25) is 0 Å². The lowest BCUT2D eigenvalue weighted by atomic mass is 10.00. The normalized spacial score (nSPS) is 11.0. The van der Waals surface area contributed by atoms with Gasteiger partial charge in [-0.2, -0.15) is 0 Å². The molecule has 0 aliphatic rings. The number of nitrogens with zero attached hydrogens (tertiary/aromatic N) is 2. The molecule has 0 unspecified atom stereocenters. The summed E-state index contributed by atoms with van der Waals surface area (Å²) in [4.78, 5) is 31.0. The summed E-state index contributed by atoms with van der Waals surface area (Å²) in [5, 5.41) is 1.82. The van der Waals surface area contributed by atoms with Crippen LogP contribution < -0.4 is 4.74 Å². The molecule has 0 spiro atoms. The Morgan fingerprint density at radius 2 is 1.68 bits per heavy atom. The molecule has 6 heteroatoms. The van der Waals surface area contributed by atoms with Crippen molar-refractivity contribution in [2.45, 2.75) is 6.92 Å². The van der Waals surface area contributed by atoms with Gasteiger partial charge in [-0.05, 0) is 54.1 Å². The number of hydrogen-bond acceptors (Lipinski definition) is 5. The summed E-state index contributed by atoms with van der Waals surface area (Å²) in [6.45, 7) is 1.99. The molecule has 168 valence electrons. The number of carbonyl (C=O) groups excluding carboxylic acids is 2. The van der Waals surface area contributed by atoms with Crippen LogP contribution in [0.15, 0.2) is 85.2 Å². The van der Waals surface area contributed by atoms with Crippen molar-refractivity contribution in [3.05, 3.63) is 102 Å². The van der Waals surface area contributed by atoms with E-state index in [2.05, 4.69) is 4.98 Å². The maximum absolute atomic E-state index is 13.7. The van der Waals surface area contributed by atoms with Crippen LogP contribution in [0.5, 0.6) is 5.75 Å². The molecule has 2 heterocycles. The van der Waals surface area contributed by atoms with Crippen LogP contribution in [0.4, 0.5) is 0 Å². The molecule has 2 aromatic heterocycles. The highest BCUT2D eigenvalue weighted by Gasteiger charge is 2.23. The summed E-state index contributed by atoms with van der Waals surface area (Å²) >= 11 is 0. The van der Waals surface area contributed by atoms with Gasteiger partial charge in [0.1, 0.15) is 12.1 Å². The molecule has 6 nitrogen and oxygen atoms in total. The van der Waals surface area contributed by atoms with Gasteiger partial charge in [0.05, 0.1) is 36.2 Å². The van der Waals surface area contributed by atoms with E-state index >= 15 is 0 Å². The van der Waals surface area contributed by atoms with Crippen molar-refractivity contribution in [3.8, 4) is 17.0 Å². The van der Waals surface area contributed by atoms with E-state index in [0.717, 1.165) is 22.1 Å². The number of hydrogen-bond donors (Lipinski definition) is 0. The van der Waals surface area contributed by atoms with Crippen molar-refractivity contribution in [1.29, 1.82) is 0 Å². The van der Waals surface area contributed by atoms with Crippen LogP contribution in [0.1, 0.15) is 33.3 Å². The summed E-state index contributed by atoms with van der Waals surface area (Å²) < 4.78 is 12.2. The fourth-order valence-electron chi connectivity index (χ4n) is 4.13. The number of aromatic nitrogens is 2. The molecule has 0 fully saturated rings. The summed E-state index contributed by atoms with van der Waals surface area (Å²) in [5.41, 5.74) is 3.32. The lowest BCUT2D eigenvalue weighted by molar-refractivity contribution is 0.0529. The second kappa shape index (κ2) is 8.83. The number of ether oxygens (including phenoxy) is 2. The molecule has 0 atom stereocenters. The fraction of sp³-hybridized carbons (Fsp3) is 0.107. The minimum atomic E-state index is -0.483. The molecule has 0 saturated heterocycles. The van der Waals surface area contributed by atoms with Gasteiger partial charge in [-0.25, -0.2) is 9.78 Å². The number of rotatable bonds is 6. The van der Waals surface area contributed by atoms with Gasteiger partial charge >= 0.3 is 5.97 Å². The van der Waals surface area contributed by atoms with E-state index in [9.17, 15) is 9.59 Å². The lowest BCUT2D eigenvalue weighted by Gasteiger charge is -2.08. The highest BCUT2D eigenvalue weighted by molar-refractivity contribution is 6.17. The highest BCUT2D eigenvalue weighted by Crippen LogP contribution is 2.28. The molecule has 34 heavy (non-hydrogen) atoms. The molecule has 3 aromatic carbocycles. The average Bonchev–Trinajstić information content (AvgIpc) is 3.27. The van der Waals surface area contributed by atoms with E-state index in [1.807, 2.05) is 60.7 Å². The molecule has 0 aliphatic heterocycles. The van der Waals surface area contributed by atoms with E-state index in [4.69, 9.17) is 9.47 Å². The Morgan fingerprint density at radius 3 is 2.44 bits per heavy atom. The minimum absolute atomic E-state index is 0.193. The SMILES string of the molecule is CCOC(=O)c1cc(C(=O)c2cccc3ccccc23)n2cnc(-c3ccc(OC)cc3)cc12. The number of methoxy groups -OCH3 is 1. The van der Waals surface area contributed by atoms with Crippen molar-refractivity contribution in [1.82, 2.24) is 9.38 Å². The largest absolute Gasteiger partial charge is 0.497 e. The van der Waals surface area contributed by atoms with Gasteiger partial charge in [-0.15, -0.1) is 0 Å². The van der Waals surface area contributed by atoms with Gasteiger partial charge in [0, 0.05) is 11.1 Å². The molecule has 0 saturated carbocycles. The monoisotopic (exact) mass is 450 g/mol. The van der Waals surface area contributed by atoms with Crippen LogP contribution in [0.25, 0.3) is 27.5 Å².